The van der Waals surface area contributed by atoms with Crippen molar-refractivity contribution in [1.82, 2.24) is 4.90 Å². The van der Waals surface area contributed by atoms with Gasteiger partial charge in [0.2, 0.25) is 0 Å². The maximum Gasteiger partial charge on any atom is 0.0874 e. The van der Waals surface area contributed by atoms with E-state index in [1.54, 1.807) is 0 Å². The monoisotopic (exact) mass is 235 g/mol. The molecule has 0 saturated carbocycles. The zero-order valence-corrected chi connectivity index (χ0v) is 10.6. The van der Waals surface area contributed by atoms with Gasteiger partial charge in [0.25, 0.3) is 0 Å². The molecule has 0 bridgehead atoms. The van der Waals surface area contributed by atoms with Crippen LogP contribution in [0.15, 0.2) is 18.2 Å². The Morgan fingerprint density at radius 1 is 1.53 bits per heavy atom. The Bertz CT molecular complexity index is 381. The number of rotatable bonds is 3. The molecule has 1 unspecified atom stereocenters. The second-order valence-electron chi connectivity index (χ2n) is 4.67. The number of aryl methyl sites for hydroxylation is 1. The zero-order chi connectivity index (χ0) is 12.3. The molecule has 0 spiro atoms. The number of benzene rings is 1. The molecule has 0 radical (unpaired) electrons. The molecule has 4 heteroatoms. The minimum absolute atomic E-state index is 0.244. The highest BCUT2D eigenvalue weighted by Gasteiger charge is 2.17. The number of hydrogen-bond acceptors (Lipinski definition) is 4. The van der Waals surface area contributed by atoms with E-state index in [2.05, 4.69) is 17.3 Å². The molecule has 0 aliphatic carbocycles. The minimum Gasteiger partial charge on any atom is -0.397 e. The maximum absolute atomic E-state index is 6.01. The lowest BCUT2D eigenvalue weighted by molar-refractivity contribution is -0.0117. The highest BCUT2D eigenvalue weighted by atomic mass is 16.5. The Balaban J connectivity index is 1.91. The van der Waals surface area contributed by atoms with E-state index in [1.807, 2.05) is 25.1 Å². The molecule has 2 rings (SSSR count). The van der Waals surface area contributed by atoms with Crippen LogP contribution in [0.25, 0.3) is 0 Å². The third-order valence-electron chi connectivity index (χ3n) is 3.19. The minimum atomic E-state index is 0.244. The number of nitrogens with zero attached hydrogens (tertiary/aromatic N) is 1. The summed E-state index contributed by atoms with van der Waals surface area (Å²) in [5, 5.41) is 3.37. The van der Waals surface area contributed by atoms with Gasteiger partial charge in [0, 0.05) is 19.6 Å². The quantitative estimate of drug-likeness (QED) is 0.776. The van der Waals surface area contributed by atoms with Crippen molar-refractivity contribution in [2.24, 2.45) is 0 Å². The third kappa shape index (κ3) is 3.11. The van der Waals surface area contributed by atoms with E-state index in [4.69, 9.17) is 10.5 Å². The highest BCUT2D eigenvalue weighted by molar-refractivity contribution is 5.69. The number of hydrogen-bond donors (Lipinski definition) is 2. The molecule has 1 fully saturated rings. The van der Waals surface area contributed by atoms with Crippen LogP contribution in [-0.2, 0) is 4.74 Å². The molecule has 1 heterocycles. The molecule has 0 amide bonds. The fourth-order valence-electron chi connectivity index (χ4n) is 2.05. The van der Waals surface area contributed by atoms with Crippen LogP contribution in [0.2, 0.25) is 0 Å². The lowest BCUT2D eigenvalue weighted by Gasteiger charge is -2.30. The standard InChI is InChI=1S/C13H21N3O/c1-10-4-3-5-12(13(10)14)15-8-11-9-16(2)6-7-17-11/h3-5,11,15H,6-9,14H2,1-2H3. The topological polar surface area (TPSA) is 50.5 Å². The lowest BCUT2D eigenvalue weighted by atomic mass is 10.1. The van der Waals surface area contributed by atoms with Crippen LogP contribution in [0.5, 0.6) is 0 Å². The smallest absolute Gasteiger partial charge is 0.0874 e. The van der Waals surface area contributed by atoms with Crippen LogP contribution >= 0.6 is 0 Å². The van der Waals surface area contributed by atoms with Gasteiger partial charge in [-0.2, -0.15) is 0 Å². The van der Waals surface area contributed by atoms with Crippen molar-refractivity contribution in [2.45, 2.75) is 13.0 Å². The van der Waals surface area contributed by atoms with Crippen LogP contribution < -0.4 is 11.1 Å². The van der Waals surface area contributed by atoms with E-state index in [0.717, 1.165) is 43.2 Å². The molecule has 1 aromatic rings. The first-order chi connectivity index (χ1) is 8.16. The van der Waals surface area contributed by atoms with Gasteiger partial charge < -0.3 is 20.7 Å². The average Bonchev–Trinajstić information content (AvgIpc) is 2.31. The molecular formula is C13H21N3O. The maximum atomic E-state index is 6.01. The zero-order valence-electron chi connectivity index (χ0n) is 10.6. The number of nitrogens with two attached hydrogens (primary N) is 1. The van der Waals surface area contributed by atoms with Crippen molar-refractivity contribution in [3.63, 3.8) is 0 Å². The summed E-state index contributed by atoms with van der Waals surface area (Å²) in [5.74, 6) is 0. The van der Waals surface area contributed by atoms with Crippen molar-refractivity contribution < 1.29 is 4.74 Å². The van der Waals surface area contributed by atoms with Gasteiger partial charge in [-0.15, -0.1) is 0 Å². The third-order valence-corrected chi connectivity index (χ3v) is 3.19. The predicted octanol–water partition coefficient (Wildman–Crippen LogP) is 1.32. The van der Waals surface area contributed by atoms with Gasteiger partial charge in [0.15, 0.2) is 0 Å². The molecule has 1 aliphatic rings. The second kappa shape index (κ2) is 5.38. The van der Waals surface area contributed by atoms with E-state index >= 15 is 0 Å². The van der Waals surface area contributed by atoms with Crippen molar-refractivity contribution in [1.29, 1.82) is 0 Å². The Morgan fingerprint density at radius 2 is 2.35 bits per heavy atom. The normalized spacial score (nSPS) is 21.4. The summed E-state index contributed by atoms with van der Waals surface area (Å²) in [5.41, 5.74) is 8.95. The first kappa shape index (κ1) is 12.2. The Kier molecular flexibility index (Phi) is 3.86. The number of nitrogens with one attached hydrogen (secondary N) is 1. The highest BCUT2D eigenvalue weighted by Crippen LogP contribution is 2.21. The van der Waals surface area contributed by atoms with Crippen molar-refractivity contribution in [3.05, 3.63) is 23.8 Å². The van der Waals surface area contributed by atoms with E-state index in [1.165, 1.54) is 0 Å². The van der Waals surface area contributed by atoms with E-state index < -0.39 is 0 Å². The number of ether oxygens (including phenoxy) is 1. The number of nitrogen functional groups attached to an aromatic ring is 1. The average molecular weight is 235 g/mol. The van der Waals surface area contributed by atoms with E-state index in [0.29, 0.717) is 0 Å². The fourth-order valence-corrected chi connectivity index (χ4v) is 2.05. The molecule has 1 aromatic carbocycles. The first-order valence-electron chi connectivity index (χ1n) is 6.06. The van der Waals surface area contributed by atoms with Crippen LogP contribution in [0, 0.1) is 6.92 Å². The lowest BCUT2D eigenvalue weighted by Crippen LogP contribution is -2.43. The molecule has 3 N–H and O–H groups in total. The predicted molar refractivity (Wildman–Crippen MR) is 71.3 cm³/mol. The number of anilines is 2. The van der Waals surface area contributed by atoms with Crippen LogP contribution in [-0.4, -0.2) is 44.3 Å². The number of para-hydroxylation sites is 1. The Hall–Kier alpha value is -1.26. The molecule has 17 heavy (non-hydrogen) atoms. The molecule has 0 aromatic heterocycles. The van der Waals surface area contributed by atoms with Gasteiger partial charge in [0.1, 0.15) is 0 Å². The summed E-state index contributed by atoms with van der Waals surface area (Å²) in [6.45, 7) is 5.62. The van der Waals surface area contributed by atoms with Gasteiger partial charge in [-0.1, -0.05) is 12.1 Å². The molecule has 1 atom stereocenters. The van der Waals surface area contributed by atoms with Crippen molar-refractivity contribution >= 4 is 11.4 Å². The Labute approximate surface area is 103 Å². The summed E-state index contributed by atoms with van der Waals surface area (Å²) in [6.07, 6.45) is 0.244. The van der Waals surface area contributed by atoms with Crippen LogP contribution in [0.1, 0.15) is 5.56 Å². The largest absolute Gasteiger partial charge is 0.397 e. The SMILES string of the molecule is Cc1cccc(NCC2CN(C)CCO2)c1N. The summed E-state index contributed by atoms with van der Waals surface area (Å²) in [6, 6.07) is 6.04. The van der Waals surface area contributed by atoms with E-state index in [9.17, 15) is 0 Å². The summed E-state index contributed by atoms with van der Waals surface area (Å²) >= 11 is 0. The van der Waals surface area contributed by atoms with Gasteiger partial charge in [-0.3, -0.25) is 0 Å². The van der Waals surface area contributed by atoms with Crippen molar-refractivity contribution in [2.75, 3.05) is 44.3 Å². The van der Waals surface area contributed by atoms with E-state index in [-0.39, 0.29) is 6.10 Å². The van der Waals surface area contributed by atoms with Gasteiger partial charge in [0.05, 0.1) is 24.1 Å². The van der Waals surface area contributed by atoms with Crippen LogP contribution in [0.4, 0.5) is 11.4 Å². The molecule has 1 aliphatic heterocycles. The number of likely N-dealkylation sites (N-methyl/N-ethyl adjacent to an activating group) is 1. The molecule has 4 nitrogen and oxygen atoms in total. The van der Waals surface area contributed by atoms with Gasteiger partial charge in [-0.05, 0) is 25.6 Å². The molecule has 94 valence electrons. The van der Waals surface area contributed by atoms with Crippen molar-refractivity contribution in [3.8, 4) is 0 Å². The molecule has 1 saturated heterocycles. The molecular weight excluding hydrogens is 214 g/mol. The summed E-state index contributed by atoms with van der Waals surface area (Å²) in [7, 11) is 2.12. The van der Waals surface area contributed by atoms with Gasteiger partial charge >= 0.3 is 0 Å². The van der Waals surface area contributed by atoms with Gasteiger partial charge in [-0.25, -0.2) is 0 Å². The first-order valence-corrected chi connectivity index (χ1v) is 6.06. The second-order valence-corrected chi connectivity index (χ2v) is 4.67. The van der Waals surface area contributed by atoms with Crippen LogP contribution in [0.3, 0.4) is 0 Å². The summed E-state index contributed by atoms with van der Waals surface area (Å²) < 4.78 is 5.70. The Morgan fingerprint density at radius 3 is 3.12 bits per heavy atom. The summed E-state index contributed by atoms with van der Waals surface area (Å²) in [4.78, 5) is 2.29. The number of morpholine rings is 1. The fraction of sp³-hybridized carbons (Fsp3) is 0.538.